The van der Waals surface area contributed by atoms with Crippen molar-refractivity contribution < 1.29 is 18.6 Å². The molecule has 0 spiro atoms. The molecule has 0 aromatic heterocycles. The zero-order valence-electron chi connectivity index (χ0n) is 11.0. The first kappa shape index (κ1) is 15.5. The predicted octanol–water partition coefficient (Wildman–Crippen LogP) is 3.47. The Hall–Kier alpha value is -1.85. The van der Waals surface area contributed by atoms with Crippen LogP contribution in [0.2, 0.25) is 5.02 Å². The maximum absolute atomic E-state index is 13.0. The summed E-state index contributed by atoms with van der Waals surface area (Å²) in [5.74, 6) is -0.895. The van der Waals surface area contributed by atoms with Crippen molar-refractivity contribution in [3.05, 3.63) is 59.1 Å². The van der Waals surface area contributed by atoms with E-state index in [-0.39, 0.29) is 18.8 Å². The SMILES string of the molecule is OC(CNc1cc(F)cc(F)c1)COc1ccccc1Cl. The second-order valence-electron chi connectivity index (χ2n) is 4.43. The van der Waals surface area contributed by atoms with Crippen LogP contribution >= 0.6 is 11.6 Å². The van der Waals surface area contributed by atoms with E-state index in [9.17, 15) is 13.9 Å². The molecule has 0 fully saturated rings. The molecule has 0 saturated carbocycles. The highest BCUT2D eigenvalue weighted by atomic mass is 35.5. The van der Waals surface area contributed by atoms with Crippen molar-refractivity contribution in [3.63, 3.8) is 0 Å². The van der Waals surface area contributed by atoms with Gasteiger partial charge in [0.1, 0.15) is 30.1 Å². The number of hydrogen-bond donors (Lipinski definition) is 2. The van der Waals surface area contributed by atoms with Crippen LogP contribution in [0.3, 0.4) is 0 Å². The molecule has 0 heterocycles. The molecule has 2 rings (SSSR count). The van der Waals surface area contributed by atoms with E-state index in [2.05, 4.69) is 5.32 Å². The Morgan fingerprint density at radius 2 is 1.81 bits per heavy atom. The van der Waals surface area contributed by atoms with Gasteiger partial charge in [0, 0.05) is 18.3 Å². The Balaban J connectivity index is 1.82. The Morgan fingerprint density at radius 3 is 2.48 bits per heavy atom. The van der Waals surface area contributed by atoms with E-state index in [1.54, 1.807) is 24.3 Å². The molecule has 1 unspecified atom stereocenters. The first-order valence-electron chi connectivity index (χ1n) is 6.30. The van der Waals surface area contributed by atoms with E-state index in [1.807, 2.05) is 0 Å². The number of benzene rings is 2. The van der Waals surface area contributed by atoms with Gasteiger partial charge in [-0.25, -0.2) is 8.78 Å². The number of aliphatic hydroxyl groups excluding tert-OH is 1. The van der Waals surface area contributed by atoms with Crippen LogP contribution in [0.4, 0.5) is 14.5 Å². The van der Waals surface area contributed by atoms with Crippen LogP contribution in [-0.2, 0) is 0 Å². The van der Waals surface area contributed by atoms with Crippen molar-refractivity contribution in [2.45, 2.75) is 6.10 Å². The topological polar surface area (TPSA) is 41.5 Å². The number of anilines is 1. The average molecular weight is 314 g/mol. The number of nitrogens with one attached hydrogen (secondary N) is 1. The summed E-state index contributed by atoms with van der Waals surface area (Å²) in [6.45, 7) is 0.0991. The number of para-hydroxylation sites is 1. The molecule has 0 amide bonds. The molecule has 0 radical (unpaired) electrons. The first-order valence-corrected chi connectivity index (χ1v) is 6.68. The molecule has 2 aromatic rings. The lowest BCUT2D eigenvalue weighted by Crippen LogP contribution is -2.26. The van der Waals surface area contributed by atoms with Gasteiger partial charge in [-0.05, 0) is 24.3 Å². The molecule has 0 aliphatic carbocycles. The minimum absolute atomic E-state index is 0.00846. The normalized spacial score (nSPS) is 12.0. The molecule has 0 aliphatic heterocycles. The van der Waals surface area contributed by atoms with Crippen LogP contribution in [0.25, 0.3) is 0 Å². The molecule has 1 atom stereocenters. The zero-order chi connectivity index (χ0) is 15.2. The Labute approximate surface area is 126 Å². The van der Waals surface area contributed by atoms with Crippen molar-refractivity contribution in [1.82, 2.24) is 0 Å². The van der Waals surface area contributed by atoms with Gasteiger partial charge in [0.25, 0.3) is 0 Å². The van der Waals surface area contributed by atoms with Gasteiger partial charge < -0.3 is 15.2 Å². The average Bonchev–Trinajstić information content (AvgIpc) is 2.43. The Kier molecular flexibility index (Phi) is 5.36. The summed E-state index contributed by atoms with van der Waals surface area (Å²) >= 11 is 5.91. The van der Waals surface area contributed by atoms with Crippen molar-refractivity contribution >= 4 is 17.3 Å². The smallest absolute Gasteiger partial charge is 0.138 e. The summed E-state index contributed by atoms with van der Waals surface area (Å²) in [6.07, 6.45) is -0.854. The molecule has 6 heteroatoms. The standard InChI is InChI=1S/C15H14ClF2NO2/c16-14-3-1-2-4-15(14)21-9-13(20)8-19-12-6-10(17)5-11(18)7-12/h1-7,13,19-20H,8-9H2. The number of hydrogen-bond acceptors (Lipinski definition) is 3. The zero-order valence-corrected chi connectivity index (χ0v) is 11.8. The number of rotatable bonds is 6. The van der Waals surface area contributed by atoms with Crippen LogP contribution in [0, 0.1) is 11.6 Å². The first-order chi connectivity index (χ1) is 10.0. The van der Waals surface area contributed by atoms with Crippen LogP contribution < -0.4 is 10.1 Å². The third-order valence-electron chi connectivity index (χ3n) is 2.67. The van der Waals surface area contributed by atoms with E-state index in [4.69, 9.17) is 16.3 Å². The van der Waals surface area contributed by atoms with Crippen molar-refractivity contribution in [2.75, 3.05) is 18.5 Å². The molecule has 112 valence electrons. The molecule has 0 aliphatic rings. The highest BCUT2D eigenvalue weighted by molar-refractivity contribution is 6.32. The molecule has 3 nitrogen and oxygen atoms in total. The third-order valence-corrected chi connectivity index (χ3v) is 2.98. The molecule has 2 aromatic carbocycles. The number of ether oxygens (including phenoxy) is 1. The van der Waals surface area contributed by atoms with Gasteiger partial charge in [-0.2, -0.15) is 0 Å². The number of aliphatic hydroxyl groups is 1. The van der Waals surface area contributed by atoms with E-state index in [0.717, 1.165) is 18.2 Å². The summed E-state index contributed by atoms with van der Waals surface area (Å²) in [6, 6.07) is 9.96. The maximum atomic E-state index is 13.0. The quantitative estimate of drug-likeness (QED) is 0.858. The molecular weight excluding hydrogens is 300 g/mol. The fraction of sp³-hybridized carbons (Fsp3) is 0.200. The van der Waals surface area contributed by atoms with E-state index in [0.29, 0.717) is 10.8 Å². The minimum atomic E-state index is -0.854. The fourth-order valence-electron chi connectivity index (χ4n) is 1.70. The van der Waals surface area contributed by atoms with Gasteiger partial charge in [0.05, 0.1) is 5.02 Å². The molecule has 2 N–H and O–H groups in total. The summed E-state index contributed by atoms with van der Waals surface area (Å²) in [5.41, 5.74) is 0.254. The van der Waals surface area contributed by atoms with Gasteiger partial charge in [-0.15, -0.1) is 0 Å². The predicted molar refractivity (Wildman–Crippen MR) is 77.8 cm³/mol. The van der Waals surface area contributed by atoms with Crippen LogP contribution in [0.5, 0.6) is 5.75 Å². The summed E-state index contributed by atoms with van der Waals surface area (Å²) < 4.78 is 31.3. The largest absolute Gasteiger partial charge is 0.489 e. The third kappa shape index (κ3) is 4.88. The molecule has 21 heavy (non-hydrogen) atoms. The van der Waals surface area contributed by atoms with Crippen molar-refractivity contribution in [2.24, 2.45) is 0 Å². The van der Waals surface area contributed by atoms with Crippen molar-refractivity contribution in [3.8, 4) is 5.75 Å². The summed E-state index contributed by atoms with van der Waals surface area (Å²) in [7, 11) is 0. The highest BCUT2D eigenvalue weighted by Crippen LogP contribution is 2.23. The lowest BCUT2D eigenvalue weighted by molar-refractivity contribution is 0.117. The monoisotopic (exact) mass is 313 g/mol. The van der Waals surface area contributed by atoms with Gasteiger partial charge >= 0.3 is 0 Å². The van der Waals surface area contributed by atoms with Gasteiger partial charge in [0.15, 0.2) is 0 Å². The van der Waals surface area contributed by atoms with Gasteiger partial charge in [-0.1, -0.05) is 23.7 Å². The van der Waals surface area contributed by atoms with Gasteiger partial charge in [0.2, 0.25) is 0 Å². The van der Waals surface area contributed by atoms with Gasteiger partial charge in [-0.3, -0.25) is 0 Å². The fourth-order valence-corrected chi connectivity index (χ4v) is 1.89. The maximum Gasteiger partial charge on any atom is 0.138 e. The summed E-state index contributed by atoms with van der Waals surface area (Å²) in [4.78, 5) is 0. The van der Waals surface area contributed by atoms with E-state index < -0.39 is 17.7 Å². The second-order valence-corrected chi connectivity index (χ2v) is 4.84. The molecular formula is C15H14ClF2NO2. The Morgan fingerprint density at radius 1 is 1.14 bits per heavy atom. The molecule has 0 saturated heterocycles. The van der Waals surface area contributed by atoms with E-state index in [1.165, 1.54) is 0 Å². The highest BCUT2D eigenvalue weighted by Gasteiger charge is 2.08. The van der Waals surface area contributed by atoms with Crippen LogP contribution in [0.1, 0.15) is 0 Å². The lowest BCUT2D eigenvalue weighted by atomic mass is 10.3. The van der Waals surface area contributed by atoms with E-state index >= 15 is 0 Å². The van der Waals surface area contributed by atoms with Crippen molar-refractivity contribution in [1.29, 1.82) is 0 Å². The summed E-state index contributed by atoms with van der Waals surface area (Å²) in [5, 5.41) is 13.0. The number of halogens is 3. The second kappa shape index (κ2) is 7.24. The van der Waals surface area contributed by atoms with Crippen LogP contribution in [0.15, 0.2) is 42.5 Å². The molecule has 0 bridgehead atoms. The van der Waals surface area contributed by atoms with Crippen LogP contribution in [-0.4, -0.2) is 24.4 Å². The lowest BCUT2D eigenvalue weighted by Gasteiger charge is -2.14. The minimum Gasteiger partial charge on any atom is -0.489 e. The Bertz CT molecular complexity index is 590.